The van der Waals surface area contributed by atoms with E-state index in [1.165, 1.54) is 0 Å². The van der Waals surface area contributed by atoms with E-state index in [0.717, 1.165) is 36.2 Å². The van der Waals surface area contributed by atoms with Crippen molar-refractivity contribution < 1.29 is 14.3 Å². The number of terminal acetylenes is 1. The number of nitrogens with zero attached hydrogens (tertiary/aromatic N) is 1. The number of hydrogen-bond donors (Lipinski definition) is 3. The van der Waals surface area contributed by atoms with Crippen LogP contribution in [0.1, 0.15) is 53.5 Å². The van der Waals surface area contributed by atoms with Gasteiger partial charge in [0, 0.05) is 41.0 Å². The normalized spacial score (nSPS) is 15.0. The van der Waals surface area contributed by atoms with Crippen molar-refractivity contribution >= 4 is 11.6 Å². The van der Waals surface area contributed by atoms with Gasteiger partial charge in [0.05, 0.1) is 6.04 Å². The minimum atomic E-state index is -1.20. The van der Waals surface area contributed by atoms with Gasteiger partial charge in [-0.2, -0.15) is 0 Å². The molecule has 3 aromatic carbocycles. The Hall–Kier alpha value is -4.18. The maximum atomic E-state index is 15.8. The lowest BCUT2D eigenvalue weighted by Gasteiger charge is -2.32. The van der Waals surface area contributed by atoms with Gasteiger partial charge in [0.2, 0.25) is 0 Å². The predicted octanol–water partition coefficient (Wildman–Crippen LogP) is 5.65. The average molecular weight is 524 g/mol. The second-order valence-electron chi connectivity index (χ2n) is 9.66. The number of fused-ring (bicyclic) bond motifs is 1. The molecule has 0 aliphatic carbocycles. The molecule has 1 heterocycles. The SMILES string of the molecule is C#CC=CC(=CC)C(C)NC(=O)c1ccc2c(c1)CCCN2Cc1cccc(-c2ccccc2C(N)O)c1F. The van der Waals surface area contributed by atoms with E-state index >= 15 is 4.39 Å². The van der Waals surface area contributed by atoms with E-state index in [9.17, 15) is 9.90 Å². The Kier molecular flexibility index (Phi) is 8.98. The minimum absolute atomic E-state index is 0.157. The zero-order valence-corrected chi connectivity index (χ0v) is 22.3. The molecule has 4 N–H and O–H groups in total. The summed E-state index contributed by atoms with van der Waals surface area (Å²) in [5.41, 5.74) is 11.3. The van der Waals surface area contributed by atoms with Crippen molar-refractivity contribution in [3.05, 3.63) is 113 Å². The Balaban J connectivity index is 1.55. The van der Waals surface area contributed by atoms with Gasteiger partial charge in [-0.1, -0.05) is 54.5 Å². The molecule has 39 heavy (non-hydrogen) atoms. The number of nitrogens with two attached hydrogens (primary N) is 1. The summed E-state index contributed by atoms with van der Waals surface area (Å²) in [7, 11) is 0. The summed E-state index contributed by atoms with van der Waals surface area (Å²) in [6.07, 6.45) is 11.2. The summed E-state index contributed by atoms with van der Waals surface area (Å²) >= 11 is 0. The molecule has 6 heteroatoms. The maximum absolute atomic E-state index is 15.8. The Morgan fingerprint density at radius 3 is 2.72 bits per heavy atom. The third kappa shape index (κ3) is 6.28. The van der Waals surface area contributed by atoms with Crippen molar-refractivity contribution in [2.24, 2.45) is 5.73 Å². The number of allylic oxidation sites excluding steroid dienone is 2. The molecule has 2 unspecified atom stereocenters. The van der Waals surface area contributed by atoms with Crippen LogP contribution >= 0.6 is 0 Å². The standard InChI is InChI=1S/C33H34FN3O2/c1-4-6-11-23(5-2)22(3)36-33(39)25-17-18-30-24(20-25)13-10-19-37(30)21-26-12-9-16-28(31(26)34)27-14-7-8-15-29(27)32(35)38/h1,5-9,11-12,14-18,20,22,32,38H,10,13,19,21,35H2,2-3H3,(H,36,39). The fourth-order valence-electron chi connectivity index (χ4n) is 5.09. The Morgan fingerprint density at radius 2 is 1.97 bits per heavy atom. The lowest BCUT2D eigenvalue weighted by Crippen LogP contribution is -2.34. The molecule has 0 bridgehead atoms. The highest BCUT2D eigenvalue weighted by Crippen LogP contribution is 2.33. The van der Waals surface area contributed by atoms with Gasteiger partial charge >= 0.3 is 0 Å². The van der Waals surface area contributed by atoms with E-state index in [4.69, 9.17) is 12.2 Å². The lowest BCUT2D eigenvalue weighted by molar-refractivity contribution is 0.0945. The van der Waals surface area contributed by atoms with Crippen LogP contribution in [-0.2, 0) is 13.0 Å². The molecule has 3 aromatic rings. The molecule has 1 aliphatic rings. The van der Waals surface area contributed by atoms with Crippen LogP contribution in [0.5, 0.6) is 0 Å². The summed E-state index contributed by atoms with van der Waals surface area (Å²) in [5, 5.41) is 13.0. The summed E-state index contributed by atoms with van der Waals surface area (Å²) < 4.78 is 15.8. The van der Waals surface area contributed by atoms with Crippen molar-refractivity contribution in [3.8, 4) is 23.5 Å². The molecule has 5 nitrogen and oxygen atoms in total. The molecule has 0 radical (unpaired) electrons. The van der Waals surface area contributed by atoms with Gasteiger partial charge < -0.3 is 21.1 Å². The van der Waals surface area contributed by atoms with Gasteiger partial charge in [0.25, 0.3) is 5.91 Å². The highest BCUT2D eigenvalue weighted by molar-refractivity contribution is 5.95. The van der Waals surface area contributed by atoms with Gasteiger partial charge in [-0.15, -0.1) is 6.42 Å². The van der Waals surface area contributed by atoms with Gasteiger partial charge in [0.1, 0.15) is 12.0 Å². The number of nitrogens with one attached hydrogen (secondary N) is 1. The van der Waals surface area contributed by atoms with Gasteiger partial charge in [-0.05, 0) is 73.7 Å². The van der Waals surface area contributed by atoms with Crippen LogP contribution in [0.4, 0.5) is 10.1 Å². The largest absolute Gasteiger partial charge is 0.375 e. The van der Waals surface area contributed by atoms with Crippen LogP contribution in [0.15, 0.2) is 84.5 Å². The zero-order chi connectivity index (χ0) is 27.9. The number of rotatable bonds is 8. The Labute approximate surface area is 229 Å². The smallest absolute Gasteiger partial charge is 0.251 e. The van der Waals surface area contributed by atoms with Crippen molar-refractivity contribution in [1.82, 2.24) is 5.32 Å². The van der Waals surface area contributed by atoms with E-state index in [1.807, 2.05) is 50.3 Å². The molecule has 0 spiro atoms. The maximum Gasteiger partial charge on any atom is 0.251 e. The van der Waals surface area contributed by atoms with Crippen LogP contribution in [0, 0.1) is 18.2 Å². The molecule has 4 rings (SSSR count). The van der Waals surface area contributed by atoms with Gasteiger partial charge in [-0.3, -0.25) is 4.79 Å². The summed E-state index contributed by atoms with van der Waals surface area (Å²) in [6.45, 7) is 4.99. The second kappa shape index (κ2) is 12.6. The third-order valence-corrected chi connectivity index (χ3v) is 7.12. The number of anilines is 1. The van der Waals surface area contributed by atoms with Crippen LogP contribution in [0.25, 0.3) is 11.1 Å². The van der Waals surface area contributed by atoms with Crippen LogP contribution in [0.3, 0.4) is 0 Å². The number of hydrogen-bond acceptors (Lipinski definition) is 4. The molecular formula is C33H34FN3O2. The van der Waals surface area contributed by atoms with E-state index in [1.54, 1.807) is 42.5 Å². The van der Waals surface area contributed by atoms with Crippen molar-refractivity contribution in [2.45, 2.75) is 45.5 Å². The number of carbonyl (C=O) groups excluding carboxylic acids is 1. The molecule has 0 fully saturated rings. The second-order valence-corrected chi connectivity index (χ2v) is 9.66. The predicted molar refractivity (Wildman–Crippen MR) is 155 cm³/mol. The number of halogens is 1. The topological polar surface area (TPSA) is 78.6 Å². The van der Waals surface area contributed by atoms with E-state index < -0.39 is 6.23 Å². The molecule has 0 saturated heterocycles. The minimum Gasteiger partial charge on any atom is -0.375 e. The Morgan fingerprint density at radius 1 is 1.21 bits per heavy atom. The van der Waals surface area contributed by atoms with Crippen LogP contribution in [0.2, 0.25) is 0 Å². The molecule has 1 aliphatic heterocycles. The van der Waals surface area contributed by atoms with Gasteiger partial charge in [0.15, 0.2) is 0 Å². The molecule has 1 amide bonds. The molecule has 200 valence electrons. The first-order valence-corrected chi connectivity index (χ1v) is 13.1. The van der Waals surface area contributed by atoms with Crippen molar-refractivity contribution in [1.29, 1.82) is 0 Å². The first-order chi connectivity index (χ1) is 18.8. The number of aryl methyl sites for hydroxylation is 1. The molecule has 0 aromatic heterocycles. The monoisotopic (exact) mass is 523 g/mol. The van der Waals surface area contributed by atoms with E-state index in [0.29, 0.717) is 34.4 Å². The first kappa shape index (κ1) is 27.8. The quantitative estimate of drug-likeness (QED) is 0.203. The summed E-state index contributed by atoms with van der Waals surface area (Å²) in [4.78, 5) is 15.2. The molecular weight excluding hydrogens is 489 g/mol. The highest BCUT2D eigenvalue weighted by Gasteiger charge is 2.22. The fourth-order valence-corrected chi connectivity index (χ4v) is 5.09. The van der Waals surface area contributed by atoms with E-state index in [-0.39, 0.29) is 17.8 Å². The van der Waals surface area contributed by atoms with Crippen LogP contribution < -0.4 is 16.0 Å². The number of aliphatic hydroxyl groups is 1. The third-order valence-electron chi connectivity index (χ3n) is 7.12. The van der Waals surface area contributed by atoms with Crippen LogP contribution in [-0.4, -0.2) is 23.6 Å². The average Bonchev–Trinajstić information content (AvgIpc) is 2.94. The number of aliphatic hydroxyl groups excluding tert-OH is 1. The summed E-state index contributed by atoms with van der Waals surface area (Å²) in [6, 6.07) is 17.9. The number of amides is 1. The van der Waals surface area contributed by atoms with Crippen molar-refractivity contribution in [2.75, 3.05) is 11.4 Å². The number of carbonyl (C=O) groups is 1. The van der Waals surface area contributed by atoms with Crippen molar-refractivity contribution in [3.63, 3.8) is 0 Å². The first-order valence-electron chi connectivity index (χ1n) is 13.1. The van der Waals surface area contributed by atoms with Gasteiger partial charge in [-0.25, -0.2) is 4.39 Å². The Bertz CT molecular complexity index is 1450. The zero-order valence-electron chi connectivity index (χ0n) is 22.3. The fraction of sp³-hybridized carbons (Fsp3) is 0.242. The molecule has 2 atom stereocenters. The lowest BCUT2D eigenvalue weighted by atomic mass is 9.95. The highest BCUT2D eigenvalue weighted by atomic mass is 19.1. The molecule has 0 saturated carbocycles. The summed E-state index contributed by atoms with van der Waals surface area (Å²) in [5.74, 6) is 1.98. The van der Waals surface area contributed by atoms with E-state index in [2.05, 4.69) is 16.1 Å². The number of benzene rings is 3.